The first-order valence-corrected chi connectivity index (χ1v) is 7.61. The molecule has 2 bridgehead atoms. The van der Waals surface area contributed by atoms with Crippen LogP contribution >= 0.6 is 11.3 Å². The van der Waals surface area contributed by atoms with Gasteiger partial charge < -0.3 is 5.32 Å². The van der Waals surface area contributed by atoms with Crippen molar-refractivity contribution >= 4 is 11.3 Å². The Morgan fingerprint density at radius 1 is 1.35 bits per heavy atom. The minimum atomic E-state index is 0.647. The number of nitrogens with one attached hydrogen (secondary N) is 1. The van der Waals surface area contributed by atoms with Gasteiger partial charge in [-0.05, 0) is 66.3 Å². The first kappa shape index (κ1) is 11.5. The third-order valence-corrected chi connectivity index (χ3v) is 5.46. The molecule has 0 saturated heterocycles. The van der Waals surface area contributed by atoms with Crippen LogP contribution in [0.4, 0.5) is 0 Å². The number of rotatable bonds is 4. The van der Waals surface area contributed by atoms with Crippen LogP contribution in [-0.4, -0.2) is 6.04 Å². The topological polar surface area (TPSA) is 12.0 Å². The Morgan fingerprint density at radius 3 is 2.82 bits per heavy atom. The zero-order valence-electron chi connectivity index (χ0n) is 10.6. The summed E-state index contributed by atoms with van der Waals surface area (Å²) in [7, 11) is 0. The maximum Gasteiger partial charge on any atom is 0.0218 e. The van der Waals surface area contributed by atoms with Gasteiger partial charge in [0.05, 0.1) is 0 Å². The maximum atomic E-state index is 3.73. The zero-order valence-corrected chi connectivity index (χ0v) is 11.5. The third-order valence-electron chi connectivity index (χ3n) is 4.55. The zero-order chi connectivity index (χ0) is 11.8. The summed E-state index contributed by atoms with van der Waals surface area (Å²) in [5, 5.41) is 8.24. The minimum Gasteiger partial charge on any atom is -0.310 e. The number of aryl methyl sites for hydroxylation is 1. The lowest BCUT2D eigenvalue weighted by Crippen LogP contribution is -2.35. The van der Waals surface area contributed by atoms with Gasteiger partial charge >= 0.3 is 0 Å². The molecule has 1 nitrogen and oxygen atoms in total. The van der Waals surface area contributed by atoms with Crippen molar-refractivity contribution < 1.29 is 0 Å². The lowest BCUT2D eigenvalue weighted by molar-refractivity contribution is 0.326. The van der Waals surface area contributed by atoms with Crippen molar-refractivity contribution in [2.24, 2.45) is 17.8 Å². The van der Waals surface area contributed by atoms with Gasteiger partial charge in [-0.25, -0.2) is 0 Å². The van der Waals surface area contributed by atoms with Crippen LogP contribution in [0.25, 0.3) is 0 Å². The SMILES string of the molecule is Cc1cscc1CNC(C)C1CC2C=CC1C2. The van der Waals surface area contributed by atoms with Gasteiger partial charge in [0.1, 0.15) is 0 Å². The van der Waals surface area contributed by atoms with E-state index in [1.54, 1.807) is 0 Å². The average Bonchev–Trinajstić information content (AvgIpc) is 3.01. The van der Waals surface area contributed by atoms with Crippen molar-refractivity contribution in [2.75, 3.05) is 0 Å². The highest BCUT2D eigenvalue weighted by Gasteiger charge is 2.38. The summed E-state index contributed by atoms with van der Waals surface area (Å²) in [6.07, 6.45) is 7.69. The van der Waals surface area contributed by atoms with Crippen LogP contribution in [-0.2, 0) is 6.54 Å². The molecule has 4 atom stereocenters. The normalized spacial score (nSPS) is 32.2. The predicted octanol–water partition coefficient (Wildman–Crippen LogP) is 3.75. The highest BCUT2D eigenvalue weighted by Crippen LogP contribution is 2.44. The first-order valence-electron chi connectivity index (χ1n) is 6.67. The molecule has 3 rings (SSSR count). The Balaban J connectivity index is 1.56. The fraction of sp³-hybridized carbons (Fsp3) is 0.600. The number of thiophene rings is 1. The Kier molecular flexibility index (Phi) is 3.10. The van der Waals surface area contributed by atoms with E-state index in [-0.39, 0.29) is 0 Å². The van der Waals surface area contributed by atoms with Crippen LogP contribution < -0.4 is 5.32 Å². The monoisotopic (exact) mass is 247 g/mol. The van der Waals surface area contributed by atoms with E-state index in [9.17, 15) is 0 Å². The smallest absolute Gasteiger partial charge is 0.0218 e. The minimum absolute atomic E-state index is 0.647. The van der Waals surface area contributed by atoms with Gasteiger partial charge in [-0.2, -0.15) is 11.3 Å². The van der Waals surface area contributed by atoms with Crippen LogP contribution in [0.5, 0.6) is 0 Å². The van der Waals surface area contributed by atoms with Gasteiger partial charge in [0.2, 0.25) is 0 Å². The van der Waals surface area contributed by atoms with Crippen LogP contribution in [0.2, 0.25) is 0 Å². The molecule has 17 heavy (non-hydrogen) atoms. The fourth-order valence-corrected chi connectivity index (χ4v) is 4.25. The lowest BCUT2D eigenvalue weighted by Gasteiger charge is -2.26. The average molecular weight is 247 g/mol. The summed E-state index contributed by atoms with van der Waals surface area (Å²) in [5.41, 5.74) is 2.91. The van der Waals surface area contributed by atoms with Crippen molar-refractivity contribution in [2.45, 2.75) is 39.3 Å². The molecule has 1 heterocycles. The number of fused-ring (bicyclic) bond motifs is 2. The molecule has 1 aromatic rings. The molecular weight excluding hydrogens is 226 g/mol. The molecule has 0 amide bonds. The molecule has 0 aliphatic heterocycles. The Labute approximate surface area is 108 Å². The second-order valence-electron chi connectivity index (χ2n) is 5.69. The molecule has 2 aliphatic carbocycles. The van der Waals surface area contributed by atoms with Crippen LogP contribution in [0.3, 0.4) is 0 Å². The number of hydrogen-bond donors (Lipinski definition) is 1. The van der Waals surface area contributed by atoms with Gasteiger partial charge in [-0.1, -0.05) is 12.2 Å². The summed E-state index contributed by atoms with van der Waals surface area (Å²) >= 11 is 1.81. The van der Waals surface area contributed by atoms with Gasteiger partial charge in [-0.15, -0.1) is 0 Å². The molecule has 2 heteroatoms. The van der Waals surface area contributed by atoms with E-state index in [2.05, 4.69) is 42.1 Å². The molecule has 0 radical (unpaired) electrons. The van der Waals surface area contributed by atoms with Crippen molar-refractivity contribution in [1.29, 1.82) is 0 Å². The first-order chi connectivity index (χ1) is 8.24. The van der Waals surface area contributed by atoms with E-state index < -0.39 is 0 Å². The fourth-order valence-electron chi connectivity index (χ4n) is 3.39. The molecule has 1 fully saturated rings. The van der Waals surface area contributed by atoms with E-state index in [0.29, 0.717) is 6.04 Å². The number of allylic oxidation sites excluding steroid dienone is 2. The molecule has 4 unspecified atom stereocenters. The van der Waals surface area contributed by atoms with Gasteiger partial charge in [0.25, 0.3) is 0 Å². The third kappa shape index (κ3) is 2.21. The molecular formula is C15H21NS. The van der Waals surface area contributed by atoms with Gasteiger partial charge in [0, 0.05) is 12.6 Å². The highest BCUT2D eigenvalue weighted by molar-refractivity contribution is 7.08. The second-order valence-corrected chi connectivity index (χ2v) is 6.44. The van der Waals surface area contributed by atoms with Crippen LogP contribution in [0.1, 0.15) is 30.9 Å². The van der Waals surface area contributed by atoms with E-state index in [0.717, 1.165) is 24.3 Å². The summed E-state index contributed by atoms with van der Waals surface area (Å²) in [6.45, 7) is 5.60. The van der Waals surface area contributed by atoms with Crippen molar-refractivity contribution in [3.05, 3.63) is 34.0 Å². The van der Waals surface area contributed by atoms with E-state index in [1.807, 2.05) is 11.3 Å². The highest BCUT2D eigenvalue weighted by atomic mass is 32.1. The quantitative estimate of drug-likeness (QED) is 0.799. The summed E-state index contributed by atoms with van der Waals surface area (Å²) in [5.74, 6) is 2.60. The maximum absolute atomic E-state index is 3.73. The van der Waals surface area contributed by atoms with Crippen molar-refractivity contribution in [1.82, 2.24) is 5.32 Å². The Bertz CT molecular complexity index is 420. The Hall–Kier alpha value is -0.600. The van der Waals surface area contributed by atoms with E-state index in [1.165, 1.54) is 24.0 Å². The molecule has 92 valence electrons. The van der Waals surface area contributed by atoms with Crippen molar-refractivity contribution in [3.8, 4) is 0 Å². The summed E-state index contributed by atoms with van der Waals surface area (Å²) < 4.78 is 0. The van der Waals surface area contributed by atoms with Crippen LogP contribution in [0.15, 0.2) is 22.9 Å². The standard InChI is InChI=1S/C15H21NS/c1-10-8-17-9-14(10)7-16-11(2)15-6-12-3-4-13(15)5-12/h3-4,8-9,11-13,15-16H,5-7H2,1-2H3. The second kappa shape index (κ2) is 4.58. The number of hydrogen-bond acceptors (Lipinski definition) is 2. The van der Waals surface area contributed by atoms with Crippen molar-refractivity contribution in [3.63, 3.8) is 0 Å². The molecule has 2 aliphatic rings. The van der Waals surface area contributed by atoms with Gasteiger partial charge in [-0.3, -0.25) is 0 Å². The predicted molar refractivity (Wildman–Crippen MR) is 74.2 cm³/mol. The largest absolute Gasteiger partial charge is 0.310 e. The summed E-state index contributed by atoms with van der Waals surface area (Å²) in [6, 6.07) is 0.647. The lowest BCUT2D eigenvalue weighted by atomic mass is 9.87. The van der Waals surface area contributed by atoms with E-state index >= 15 is 0 Å². The van der Waals surface area contributed by atoms with E-state index in [4.69, 9.17) is 0 Å². The molecule has 0 spiro atoms. The molecule has 1 N–H and O–H groups in total. The van der Waals surface area contributed by atoms with Gasteiger partial charge in [0.15, 0.2) is 0 Å². The molecule has 1 aromatic heterocycles. The van der Waals surface area contributed by atoms with Crippen LogP contribution in [0, 0.1) is 24.7 Å². The molecule has 1 saturated carbocycles. The molecule has 0 aromatic carbocycles. The summed E-state index contributed by atoms with van der Waals surface area (Å²) in [4.78, 5) is 0. The Morgan fingerprint density at radius 2 is 2.24 bits per heavy atom.